The fourth-order valence-corrected chi connectivity index (χ4v) is 3.42. The molecular weight excluding hydrogens is 290 g/mol. The summed E-state index contributed by atoms with van der Waals surface area (Å²) in [6.45, 7) is 11.6. The number of rotatable bonds is 2. The second-order valence-corrected chi connectivity index (χ2v) is 6.04. The molecule has 0 bridgehead atoms. The lowest BCUT2D eigenvalue weighted by Crippen LogP contribution is -2.35. The van der Waals surface area contributed by atoms with Gasteiger partial charge in [-0.1, -0.05) is 17.4 Å². The molecule has 2 heterocycles. The van der Waals surface area contributed by atoms with E-state index in [0.29, 0.717) is 5.69 Å². The van der Waals surface area contributed by atoms with Gasteiger partial charge in [-0.25, -0.2) is 4.85 Å². The van der Waals surface area contributed by atoms with Crippen LogP contribution < -0.4 is 9.13 Å². The molecule has 0 aliphatic carbocycles. The van der Waals surface area contributed by atoms with E-state index in [4.69, 9.17) is 6.57 Å². The molecule has 3 nitrogen and oxygen atoms in total. The molecular formula is C18H17N3S+2. The normalized spacial score (nSPS) is 10.5. The van der Waals surface area contributed by atoms with Crippen molar-refractivity contribution in [2.45, 2.75) is 13.8 Å². The highest BCUT2D eigenvalue weighted by Gasteiger charge is 2.22. The molecule has 0 aliphatic rings. The molecule has 0 N–H and O–H groups in total. The van der Waals surface area contributed by atoms with Crippen molar-refractivity contribution in [3.63, 3.8) is 0 Å². The fourth-order valence-electron chi connectivity index (χ4n) is 2.64. The monoisotopic (exact) mass is 307 g/mol. The standard InChI is InChI=1S/C18H17N3S/c1-13-7-5-6-8-21(13)17-10-15(19-3)9-16(14(17)2)18-11-22-12-20(18)4/h5-12H,1-2,4H3/q+2. The van der Waals surface area contributed by atoms with Crippen molar-refractivity contribution in [2.24, 2.45) is 7.05 Å². The molecule has 0 amide bonds. The van der Waals surface area contributed by atoms with Gasteiger partial charge in [0.25, 0.3) is 0 Å². The zero-order valence-electron chi connectivity index (χ0n) is 12.9. The van der Waals surface area contributed by atoms with Crippen molar-refractivity contribution in [2.75, 3.05) is 0 Å². The highest BCUT2D eigenvalue weighted by Crippen LogP contribution is 2.30. The molecule has 0 saturated heterocycles. The van der Waals surface area contributed by atoms with Gasteiger partial charge in [-0.05, 0) is 13.0 Å². The molecule has 0 atom stereocenters. The Bertz CT molecular complexity index is 888. The molecule has 108 valence electrons. The predicted molar refractivity (Wildman–Crippen MR) is 88.2 cm³/mol. The molecule has 0 saturated carbocycles. The Hall–Kier alpha value is -2.51. The van der Waals surface area contributed by atoms with E-state index in [1.54, 1.807) is 11.3 Å². The largest absolute Gasteiger partial charge is 0.238 e. The Morgan fingerprint density at radius 1 is 1.18 bits per heavy atom. The number of hydrogen-bond donors (Lipinski definition) is 0. The molecule has 3 rings (SSSR count). The summed E-state index contributed by atoms with van der Waals surface area (Å²) in [5.41, 5.74) is 8.38. The van der Waals surface area contributed by atoms with Crippen molar-refractivity contribution in [3.05, 3.63) is 70.1 Å². The lowest BCUT2D eigenvalue weighted by Gasteiger charge is -2.07. The zero-order valence-corrected chi connectivity index (χ0v) is 13.7. The van der Waals surface area contributed by atoms with Gasteiger partial charge >= 0.3 is 0 Å². The van der Waals surface area contributed by atoms with E-state index >= 15 is 0 Å². The molecule has 0 aliphatic heterocycles. The maximum Gasteiger partial charge on any atom is 0.224 e. The van der Waals surface area contributed by atoms with E-state index in [0.717, 1.165) is 22.6 Å². The van der Waals surface area contributed by atoms with Gasteiger partial charge in [0.2, 0.25) is 16.9 Å². The van der Waals surface area contributed by atoms with Crippen LogP contribution in [0.4, 0.5) is 5.69 Å². The third-order valence-electron chi connectivity index (χ3n) is 3.87. The molecule has 22 heavy (non-hydrogen) atoms. The van der Waals surface area contributed by atoms with Crippen LogP contribution in [0.15, 0.2) is 47.4 Å². The van der Waals surface area contributed by atoms with Crippen molar-refractivity contribution in [1.82, 2.24) is 0 Å². The van der Waals surface area contributed by atoms with Crippen molar-refractivity contribution >= 4 is 17.0 Å². The maximum atomic E-state index is 7.41. The fraction of sp³-hybridized carbons (Fsp3) is 0.167. The van der Waals surface area contributed by atoms with Crippen molar-refractivity contribution in [3.8, 4) is 16.9 Å². The van der Waals surface area contributed by atoms with Crippen LogP contribution in [0.3, 0.4) is 0 Å². The van der Waals surface area contributed by atoms with Crippen LogP contribution in [-0.4, -0.2) is 0 Å². The summed E-state index contributed by atoms with van der Waals surface area (Å²) < 4.78 is 4.24. The first-order chi connectivity index (χ1) is 10.6. The van der Waals surface area contributed by atoms with Crippen LogP contribution in [0.5, 0.6) is 0 Å². The first-order valence-electron chi connectivity index (χ1n) is 7.04. The summed E-state index contributed by atoms with van der Waals surface area (Å²) in [7, 11) is 2.04. The summed E-state index contributed by atoms with van der Waals surface area (Å²) in [4.78, 5) is 3.66. The van der Waals surface area contributed by atoms with Gasteiger partial charge in [0.05, 0.1) is 12.0 Å². The van der Waals surface area contributed by atoms with Crippen LogP contribution in [0, 0.1) is 20.4 Å². The topological polar surface area (TPSA) is 12.1 Å². The van der Waals surface area contributed by atoms with Crippen molar-refractivity contribution < 1.29 is 9.13 Å². The summed E-state index contributed by atoms with van der Waals surface area (Å²) in [6.07, 6.45) is 2.04. The van der Waals surface area contributed by atoms with Gasteiger partial charge < -0.3 is 0 Å². The van der Waals surface area contributed by atoms with E-state index in [1.807, 2.05) is 37.5 Å². The number of benzene rings is 1. The van der Waals surface area contributed by atoms with Gasteiger partial charge in [-0.15, -0.1) is 0 Å². The van der Waals surface area contributed by atoms with Crippen molar-refractivity contribution in [1.29, 1.82) is 0 Å². The molecule has 0 spiro atoms. The maximum absolute atomic E-state index is 7.41. The highest BCUT2D eigenvalue weighted by molar-refractivity contribution is 7.07. The molecule has 4 heteroatoms. The molecule has 1 aromatic carbocycles. The van der Waals surface area contributed by atoms with E-state index in [-0.39, 0.29) is 0 Å². The predicted octanol–water partition coefficient (Wildman–Crippen LogP) is 3.68. The Labute approximate surface area is 134 Å². The Morgan fingerprint density at radius 2 is 2.00 bits per heavy atom. The summed E-state index contributed by atoms with van der Waals surface area (Å²) in [5.74, 6) is 0. The van der Waals surface area contributed by atoms with Gasteiger partial charge in [0, 0.05) is 36.2 Å². The molecule has 3 aromatic rings. The minimum Gasteiger partial charge on any atom is -0.238 e. The van der Waals surface area contributed by atoms with Crippen LogP contribution >= 0.6 is 11.3 Å². The number of aryl methyl sites for hydroxylation is 2. The minimum atomic E-state index is 0.664. The van der Waals surface area contributed by atoms with E-state index in [9.17, 15) is 0 Å². The van der Waals surface area contributed by atoms with Gasteiger partial charge in [-0.2, -0.15) is 9.13 Å². The lowest BCUT2D eigenvalue weighted by molar-refractivity contribution is -0.655. The summed E-state index contributed by atoms with van der Waals surface area (Å²) in [6, 6.07) is 10.1. The smallest absolute Gasteiger partial charge is 0.224 e. The number of aromatic nitrogens is 2. The molecule has 0 radical (unpaired) electrons. The molecule has 0 fully saturated rings. The first kappa shape index (κ1) is 14.4. The Balaban J connectivity index is 2.31. The van der Waals surface area contributed by atoms with E-state index in [1.165, 1.54) is 5.56 Å². The number of pyridine rings is 1. The van der Waals surface area contributed by atoms with Crippen LogP contribution in [0.2, 0.25) is 0 Å². The third kappa shape index (κ3) is 2.40. The average molecular weight is 307 g/mol. The Morgan fingerprint density at radius 3 is 2.64 bits per heavy atom. The van der Waals surface area contributed by atoms with Gasteiger partial charge in [0.1, 0.15) is 7.05 Å². The molecule has 2 aromatic heterocycles. The van der Waals surface area contributed by atoms with Crippen LogP contribution in [0.25, 0.3) is 21.8 Å². The lowest BCUT2D eigenvalue weighted by atomic mass is 10.0. The van der Waals surface area contributed by atoms with Gasteiger partial charge in [0.15, 0.2) is 17.6 Å². The first-order valence-corrected chi connectivity index (χ1v) is 7.98. The number of thiazole rings is 1. The number of hydrogen-bond acceptors (Lipinski definition) is 1. The quantitative estimate of drug-likeness (QED) is 0.506. The van der Waals surface area contributed by atoms with Gasteiger partial charge in [-0.3, -0.25) is 0 Å². The minimum absolute atomic E-state index is 0.664. The van der Waals surface area contributed by atoms with E-state index in [2.05, 4.69) is 44.8 Å². The summed E-state index contributed by atoms with van der Waals surface area (Å²) in [5, 5.41) is 2.13. The SMILES string of the molecule is [C-]#[N+]c1cc(-c2csc[n+]2C)c(C)c(-[n+]2ccccc2C)c1. The number of nitrogens with zero attached hydrogens (tertiary/aromatic N) is 3. The molecule has 0 unspecified atom stereocenters. The van der Waals surface area contributed by atoms with E-state index < -0.39 is 0 Å². The second-order valence-electron chi connectivity index (χ2n) is 5.32. The zero-order chi connectivity index (χ0) is 15.7. The third-order valence-corrected chi connectivity index (χ3v) is 4.67. The Kier molecular flexibility index (Phi) is 3.74. The van der Waals surface area contributed by atoms with Crippen LogP contribution in [-0.2, 0) is 7.05 Å². The summed E-state index contributed by atoms with van der Waals surface area (Å²) >= 11 is 1.67. The highest BCUT2D eigenvalue weighted by atomic mass is 32.1. The average Bonchev–Trinajstić information content (AvgIpc) is 2.94. The van der Waals surface area contributed by atoms with Crippen LogP contribution in [0.1, 0.15) is 11.3 Å². The second kappa shape index (κ2) is 5.70.